The molecule has 3 heterocycles. The summed E-state index contributed by atoms with van der Waals surface area (Å²) in [4.78, 5) is 43.3. The molecule has 0 aromatic carbocycles. The van der Waals surface area contributed by atoms with Crippen LogP contribution in [0.1, 0.15) is 20.9 Å². The van der Waals surface area contributed by atoms with Crippen LogP contribution in [0.4, 0.5) is 0 Å². The molecule has 29 heavy (non-hydrogen) atoms. The smallest absolute Gasteiger partial charge is 0.351 e. The highest BCUT2D eigenvalue weighted by Gasteiger charge is 2.24. The zero-order valence-electron chi connectivity index (χ0n) is 16.7. The van der Waals surface area contributed by atoms with Gasteiger partial charge in [0.25, 0.3) is 5.91 Å². The van der Waals surface area contributed by atoms with Crippen LogP contribution in [0.15, 0.2) is 30.6 Å². The van der Waals surface area contributed by atoms with E-state index in [4.69, 9.17) is 4.74 Å². The maximum atomic E-state index is 12.8. The highest BCUT2D eigenvalue weighted by atomic mass is 32.1. The summed E-state index contributed by atoms with van der Waals surface area (Å²) in [5.74, 6) is -1.37. The topological polar surface area (TPSA) is 93.5 Å². The molecule has 0 spiro atoms. The number of fused-ring (bicyclic) bond motifs is 1. The van der Waals surface area contributed by atoms with Gasteiger partial charge in [0.15, 0.2) is 6.61 Å². The van der Waals surface area contributed by atoms with E-state index in [1.54, 1.807) is 0 Å². The Labute approximate surface area is 172 Å². The first-order chi connectivity index (χ1) is 13.8. The molecule has 0 unspecified atom stereocenters. The van der Waals surface area contributed by atoms with Crippen molar-refractivity contribution in [2.24, 2.45) is 0 Å². The molecule has 152 valence electrons. The Morgan fingerprint density at radius 1 is 1.24 bits per heavy atom. The summed E-state index contributed by atoms with van der Waals surface area (Å²) in [5.41, 5.74) is 2.56. The summed E-state index contributed by atoms with van der Waals surface area (Å²) in [6.45, 7) is 3.33. The number of nitrogens with one attached hydrogen (secondary N) is 1. The monoisotopic (exact) mass is 414 g/mol. The van der Waals surface area contributed by atoms with Crippen molar-refractivity contribution < 1.29 is 19.1 Å². The number of esters is 1. The fourth-order valence-corrected chi connectivity index (χ4v) is 4.17. The normalized spacial score (nSPS) is 10.8. The lowest BCUT2D eigenvalue weighted by atomic mass is 10.1. The van der Waals surface area contributed by atoms with Crippen LogP contribution in [0.25, 0.3) is 15.9 Å². The van der Waals surface area contributed by atoms with Crippen molar-refractivity contribution in [1.29, 1.82) is 0 Å². The van der Waals surface area contributed by atoms with Crippen molar-refractivity contribution in [3.05, 3.63) is 46.7 Å². The summed E-state index contributed by atoms with van der Waals surface area (Å²) in [5, 5.41) is 3.32. The largest absolute Gasteiger partial charge is 0.451 e. The number of rotatable bonds is 6. The Hall–Kier alpha value is -3.20. The predicted molar refractivity (Wildman–Crippen MR) is 110 cm³/mol. The number of thiophene rings is 1. The molecule has 3 rings (SSSR count). The molecule has 0 bridgehead atoms. The van der Waals surface area contributed by atoms with Crippen LogP contribution in [-0.4, -0.2) is 59.5 Å². The first kappa shape index (κ1) is 20.5. The number of ether oxygens (including phenoxy) is 1. The maximum absolute atomic E-state index is 12.8. The standard InChI is InChI=1S/C20H22N4O4S/c1-12-9-13(2)22-19-16(12)17(24-7-5-6-8-24)18(29-19)20(27)28-11-15(26)23(4)10-14(25)21-3/h5-9H,10-11H2,1-4H3,(H,21,25). The average Bonchev–Trinajstić information content (AvgIpc) is 3.32. The molecule has 0 saturated carbocycles. The van der Waals surface area contributed by atoms with Gasteiger partial charge in [-0.25, -0.2) is 9.78 Å². The van der Waals surface area contributed by atoms with Gasteiger partial charge in [0.1, 0.15) is 9.71 Å². The molecule has 2 amide bonds. The molecule has 0 aliphatic heterocycles. The third kappa shape index (κ3) is 4.29. The molecule has 3 aromatic heterocycles. The van der Waals surface area contributed by atoms with Crippen LogP contribution < -0.4 is 5.32 Å². The molecule has 8 nitrogen and oxygen atoms in total. The summed E-state index contributed by atoms with van der Waals surface area (Å²) in [6.07, 6.45) is 3.69. The van der Waals surface area contributed by atoms with Gasteiger partial charge >= 0.3 is 5.97 Å². The van der Waals surface area contributed by atoms with E-state index in [2.05, 4.69) is 10.3 Å². The Morgan fingerprint density at radius 2 is 1.93 bits per heavy atom. The fourth-order valence-electron chi connectivity index (χ4n) is 2.98. The van der Waals surface area contributed by atoms with E-state index >= 15 is 0 Å². The van der Waals surface area contributed by atoms with Crippen LogP contribution >= 0.6 is 11.3 Å². The van der Waals surface area contributed by atoms with Crippen molar-refractivity contribution in [2.45, 2.75) is 13.8 Å². The van der Waals surface area contributed by atoms with E-state index in [0.717, 1.165) is 21.5 Å². The molecular weight excluding hydrogens is 392 g/mol. The third-order valence-corrected chi connectivity index (χ3v) is 5.48. The Bertz CT molecular complexity index is 1070. The van der Waals surface area contributed by atoms with Gasteiger partial charge in [0.2, 0.25) is 5.91 Å². The predicted octanol–water partition coefficient (Wildman–Crippen LogP) is 2.07. The fraction of sp³-hybridized carbons (Fsp3) is 0.300. The van der Waals surface area contributed by atoms with E-state index in [1.165, 1.54) is 30.3 Å². The van der Waals surface area contributed by atoms with Crippen LogP contribution in [-0.2, 0) is 14.3 Å². The molecule has 0 aliphatic rings. The highest BCUT2D eigenvalue weighted by Crippen LogP contribution is 2.36. The summed E-state index contributed by atoms with van der Waals surface area (Å²) in [6, 6.07) is 5.70. The third-order valence-electron chi connectivity index (χ3n) is 4.42. The van der Waals surface area contributed by atoms with Crippen molar-refractivity contribution in [1.82, 2.24) is 19.8 Å². The summed E-state index contributed by atoms with van der Waals surface area (Å²) < 4.78 is 7.12. The van der Waals surface area contributed by atoms with Crippen molar-refractivity contribution >= 4 is 39.3 Å². The van der Waals surface area contributed by atoms with E-state index in [9.17, 15) is 14.4 Å². The van der Waals surface area contributed by atoms with Gasteiger partial charge in [-0.2, -0.15) is 0 Å². The second-order valence-electron chi connectivity index (χ2n) is 6.63. The van der Waals surface area contributed by atoms with Crippen molar-refractivity contribution in [3.8, 4) is 5.69 Å². The number of aromatic nitrogens is 2. The number of likely N-dealkylation sites (N-methyl/N-ethyl adjacent to an activating group) is 2. The van der Waals surface area contributed by atoms with Crippen LogP contribution in [0.2, 0.25) is 0 Å². The number of aryl methyl sites for hydroxylation is 2. The van der Waals surface area contributed by atoms with Gasteiger partial charge in [-0.3, -0.25) is 9.59 Å². The highest BCUT2D eigenvalue weighted by molar-refractivity contribution is 7.21. The molecule has 3 aromatic rings. The number of amides is 2. The van der Waals surface area contributed by atoms with Gasteiger partial charge < -0.3 is 19.5 Å². The number of hydrogen-bond donors (Lipinski definition) is 1. The summed E-state index contributed by atoms with van der Waals surface area (Å²) >= 11 is 1.24. The molecule has 0 fully saturated rings. The van der Waals surface area contributed by atoms with E-state index in [1.807, 2.05) is 49.0 Å². The number of hydrogen-bond acceptors (Lipinski definition) is 6. The SMILES string of the molecule is CNC(=O)CN(C)C(=O)COC(=O)c1sc2nc(C)cc(C)c2c1-n1cccc1. The first-order valence-electron chi connectivity index (χ1n) is 8.97. The zero-order chi connectivity index (χ0) is 21.1. The maximum Gasteiger partial charge on any atom is 0.351 e. The average molecular weight is 414 g/mol. The lowest BCUT2D eigenvalue weighted by molar-refractivity contribution is -0.137. The number of pyridine rings is 1. The number of carbonyl (C=O) groups is 3. The zero-order valence-corrected chi connectivity index (χ0v) is 17.5. The molecule has 0 aliphatic carbocycles. The second-order valence-corrected chi connectivity index (χ2v) is 7.63. The Kier molecular flexibility index (Phi) is 5.97. The molecule has 0 saturated heterocycles. The van der Waals surface area contributed by atoms with E-state index in [-0.39, 0.29) is 12.5 Å². The molecule has 9 heteroatoms. The van der Waals surface area contributed by atoms with Crippen LogP contribution in [0, 0.1) is 13.8 Å². The minimum atomic E-state index is -0.601. The lowest BCUT2D eigenvalue weighted by Crippen LogP contribution is -2.39. The number of nitrogens with zero attached hydrogens (tertiary/aromatic N) is 3. The second kappa shape index (κ2) is 8.44. The van der Waals surface area contributed by atoms with Gasteiger partial charge in [0, 0.05) is 37.6 Å². The lowest BCUT2D eigenvalue weighted by Gasteiger charge is -2.16. The Balaban J connectivity index is 1.88. The molecule has 0 atom stereocenters. The molecular formula is C20H22N4O4S. The minimum absolute atomic E-state index is 0.104. The van der Waals surface area contributed by atoms with Crippen molar-refractivity contribution in [2.75, 3.05) is 27.2 Å². The van der Waals surface area contributed by atoms with Gasteiger partial charge in [0.05, 0.1) is 12.2 Å². The van der Waals surface area contributed by atoms with E-state index < -0.39 is 18.5 Å². The molecule has 1 N–H and O–H groups in total. The van der Waals surface area contributed by atoms with Gasteiger partial charge in [-0.15, -0.1) is 11.3 Å². The molecule has 0 radical (unpaired) electrons. The minimum Gasteiger partial charge on any atom is -0.451 e. The van der Waals surface area contributed by atoms with Gasteiger partial charge in [-0.05, 0) is 37.6 Å². The van der Waals surface area contributed by atoms with Crippen LogP contribution in [0.3, 0.4) is 0 Å². The van der Waals surface area contributed by atoms with E-state index in [0.29, 0.717) is 10.6 Å². The van der Waals surface area contributed by atoms with Gasteiger partial charge in [-0.1, -0.05) is 0 Å². The summed E-state index contributed by atoms with van der Waals surface area (Å²) in [7, 11) is 2.97. The number of carbonyl (C=O) groups excluding carboxylic acids is 3. The van der Waals surface area contributed by atoms with Crippen LogP contribution in [0.5, 0.6) is 0 Å². The Morgan fingerprint density at radius 3 is 2.59 bits per heavy atom. The quantitative estimate of drug-likeness (QED) is 0.623. The first-order valence-corrected chi connectivity index (χ1v) is 9.79. The van der Waals surface area contributed by atoms with Crippen molar-refractivity contribution in [3.63, 3.8) is 0 Å².